The zero-order valence-corrected chi connectivity index (χ0v) is 12.0. The Morgan fingerprint density at radius 3 is 2.67 bits per heavy atom. The van der Waals surface area contributed by atoms with Gasteiger partial charge < -0.3 is 10.1 Å². The number of carbonyl (C=O) groups is 2. The summed E-state index contributed by atoms with van der Waals surface area (Å²) in [6, 6.07) is 5.43. The zero-order valence-electron chi connectivity index (χ0n) is 10.5. The molecule has 0 saturated carbocycles. The quantitative estimate of drug-likeness (QED) is 0.671. The molecule has 1 amide bonds. The number of aryl methyl sites for hydroxylation is 1. The van der Waals surface area contributed by atoms with Gasteiger partial charge in [0.2, 0.25) is 5.91 Å². The van der Waals surface area contributed by atoms with E-state index in [1.54, 1.807) is 12.1 Å². The van der Waals surface area contributed by atoms with E-state index in [0.717, 1.165) is 10.0 Å². The van der Waals surface area contributed by atoms with Gasteiger partial charge in [-0.3, -0.25) is 4.79 Å². The molecule has 0 spiro atoms. The van der Waals surface area contributed by atoms with Crippen LogP contribution >= 0.6 is 15.9 Å². The molecule has 0 aromatic heterocycles. The number of carbonyl (C=O) groups excluding carboxylic acids is 2. The summed E-state index contributed by atoms with van der Waals surface area (Å²) >= 11 is 3.33. The summed E-state index contributed by atoms with van der Waals surface area (Å²) in [4.78, 5) is 22.3. The molecule has 0 aliphatic carbocycles. The van der Waals surface area contributed by atoms with Crippen LogP contribution in [-0.2, 0) is 9.53 Å². The monoisotopic (exact) mass is 313 g/mol. The number of ether oxygens (including phenoxy) is 1. The van der Waals surface area contributed by atoms with E-state index >= 15 is 0 Å². The Hall–Kier alpha value is -1.36. The number of rotatable bonds is 5. The number of hydrogen-bond donors (Lipinski definition) is 1. The molecule has 0 fully saturated rings. The van der Waals surface area contributed by atoms with Gasteiger partial charge in [-0.15, -0.1) is 0 Å². The Kier molecular flexibility index (Phi) is 5.85. The summed E-state index contributed by atoms with van der Waals surface area (Å²) in [5, 5.41) is 2.64. The third kappa shape index (κ3) is 5.31. The minimum atomic E-state index is -0.345. The van der Waals surface area contributed by atoms with Crippen LogP contribution in [0.3, 0.4) is 0 Å². The first kappa shape index (κ1) is 14.7. The summed E-state index contributed by atoms with van der Waals surface area (Å²) in [5.74, 6) is -0.425. The Morgan fingerprint density at radius 1 is 1.33 bits per heavy atom. The number of halogens is 1. The van der Waals surface area contributed by atoms with Gasteiger partial charge in [0.1, 0.15) is 0 Å². The first-order chi connectivity index (χ1) is 8.49. The van der Waals surface area contributed by atoms with Crippen LogP contribution in [0.15, 0.2) is 22.7 Å². The first-order valence-electron chi connectivity index (χ1n) is 5.68. The fourth-order valence-corrected chi connectivity index (χ4v) is 2.05. The molecule has 0 heterocycles. The van der Waals surface area contributed by atoms with Crippen LogP contribution < -0.4 is 5.32 Å². The molecule has 1 N–H and O–H groups in total. The molecule has 0 aliphatic rings. The van der Waals surface area contributed by atoms with Gasteiger partial charge in [-0.2, -0.15) is 0 Å². The lowest BCUT2D eigenvalue weighted by molar-refractivity contribution is -0.118. The molecule has 4 nitrogen and oxygen atoms in total. The average molecular weight is 314 g/mol. The van der Waals surface area contributed by atoms with Crippen LogP contribution in [-0.4, -0.2) is 25.0 Å². The first-order valence-corrected chi connectivity index (χ1v) is 6.47. The third-order valence-electron chi connectivity index (χ3n) is 2.21. The molecular weight excluding hydrogens is 298 g/mol. The fraction of sp³-hybridized carbons (Fsp3) is 0.385. The highest BCUT2D eigenvalue weighted by Crippen LogP contribution is 2.16. The Morgan fingerprint density at radius 2 is 2.06 bits per heavy atom. The van der Waals surface area contributed by atoms with Crippen LogP contribution in [0.2, 0.25) is 0 Å². The normalized spacial score (nSPS) is 9.94. The maximum atomic E-state index is 11.7. The standard InChI is InChI=1S/C13H16BrNO3/c1-9-6-11(8-12(14)7-9)13(17)18-5-3-4-15-10(2)16/h6-8H,3-5H2,1-2H3,(H,15,16). The zero-order chi connectivity index (χ0) is 13.5. The van der Waals surface area contributed by atoms with Crippen LogP contribution in [0.4, 0.5) is 0 Å². The predicted molar refractivity (Wildman–Crippen MR) is 72.5 cm³/mol. The average Bonchev–Trinajstić information content (AvgIpc) is 2.26. The lowest BCUT2D eigenvalue weighted by Crippen LogP contribution is -2.22. The second-order valence-corrected chi connectivity index (χ2v) is 4.91. The van der Waals surface area contributed by atoms with Crippen molar-refractivity contribution in [2.75, 3.05) is 13.2 Å². The largest absolute Gasteiger partial charge is 0.462 e. The van der Waals surface area contributed by atoms with Gasteiger partial charge in [-0.05, 0) is 37.1 Å². The van der Waals surface area contributed by atoms with Gasteiger partial charge in [-0.1, -0.05) is 15.9 Å². The Bertz CT molecular complexity index is 426. The van der Waals surface area contributed by atoms with Crippen LogP contribution in [0.25, 0.3) is 0 Å². The van der Waals surface area contributed by atoms with E-state index in [4.69, 9.17) is 4.74 Å². The van der Waals surface area contributed by atoms with E-state index < -0.39 is 0 Å². The fourth-order valence-electron chi connectivity index (χ4n) is 1.44. The minimum absolute atomic E-state index is 0.0797. The van der Waals surface area contributed by atoms with Crippen molar-refractivity contribution >= 4 is 27.8 Å². The second kappa shape index (κ2) is 7.16. The molecule has 0 atom stereocenters. The molecule has 1 rings (SSSR count). The maximum absolute atomic E-state index is 11.7. The highest BCUT2D eigenvalue weighted by molar-refractivity contribution is 9.10. The van der Waals surface area contributed by atoms with Gasteiger partial charge in [0, 0.05) is 17.9 Å². The van der Waals surface area contributed by atoms with Crippen molar-refractivity contribution in [2.24, 2.45) is 0 Å². The molecule has 0 aliphatic heterocycles. The van der Waals surface area contributed by atoms with E-state index in [1.807, 2.05) is 13.0 Å². The topological polar surface area (TPSA) is 55.4 Å². The number of esters is 1. The molecule has 0 unspecified atom stereocenters. The van der Waals surface area contributed by atoms with Gasteiger partial charge in [-0.25, -0.2) is 4.79 Å². The molecule has 0 saturated heterocycles. The van der Waals surface area contributed by atoms with Crippen molar-refractivity contribution in [3.8, 4) is 0 Å². The number of nitrogens with one attached hydrogen (secondary N) is 1. The maximum Gasteiger partial charge on any atom is 0.338 e. The van der Waals surface area contributed by atoms with Gasteiger partial charge >= 0.3 is 5.97 Å². The van der Waals surface area contributed by atoms with Crippen LogP contribution in [0.5, 0.6) is 0 Å². The van der Waals surface area contributed by atoms with Gasteiger partial charge in [0.05, 0.1) is 12.2 Å². The number of amides is 1. The van der Waals surface area contributed by atoms with Crippen molar-refractivity contribution in [1.82, 2.24) is 5.32 Å². The predicted octanol–water partition coefficient (Wildman–Crippen LogP) is 2.44. The van der Waals surface area contributed by atoms with E-state index in [9.17, 15) is 9.59 Å². The molecule has 98 valence electrons. The van der Waals surface area contributed by atoms with E-state index in [1.165, 1.54) is 6.92 Å². The van der Waals surface area contributed by atoms with E-state index in [-0.39, 0.29) is 11.9 Å². The Labute approximate surface area is 115 Å². The Balaban J connectivity index is 2.38. The molecule has 1 aromatic rings. The summed E-state index contributed by atoms with van der Waals surface area (Å²) < 4.78 is 5.96. The lowest BCUT2D eigenvalue weighted by Gasteiger charge is -2.06. The summed E-state index contributed by atoms with van der Waals surface area (Å²) in [7, 11) is 0. The van der Waals surface area contributed by atoms with Crippen molar-refractivity contribution in [2.45, 2.75) is 20.3 Å². The van der Waals surface area contributed by atoms with Crippen molar-refractivity contribution in [3.63, 3.8) is 0 Å². The van der Waals surface area contributed by atoms with Crippen LogP contribution in [0.1, 0.15) is 29.3 Å². The highest BCUT2D eigenvalue weighted by atomic mass is 79.9. The number of benzene rings is 1. The van der Waals surface area contributed by atoms with Gasteiger partial charge in [0.25, 0.3) is 0 Å². The lowest BCUT2D eigenvalue weighted by atomic mass is 10.1. The minimum Gasteiger partial charge on any atom is -0.462 e. The molecule has 0 bridgehead atoms. The van der Waals surface area contributed by atoms with Crippen molar-refractivity contribution in [3.05, 3.63) is 33.8 Å². The molecular formula is C13H16BrNO3. The van der Waals surface area contributed by atoms with Crippen LogP contribution in [0, 0.1) is 6.92 Å². The summed E-state index contributed by atoms with van der Waals surface area (Å²) in [6.07, 6.45) is 0.609. The summed E-state index contributed by atoms with van der Waals surface area (Å²) in [6.45, 7) is 4.18. The number of hydrogen-bond acceptors (Lipinski definition) is 3. The smallest absolute Gasteiger partial charge is 0.338 e. The summed E-state index contributed by atoms with van der Waals surface area (Å²) in [5.41, 5.74) is 1.52. The molecule has 18 heavy (non-hydrogen) atoms. The third-order valence-corrected chi connectivity index (χ3v) is 2.66. The molecule has 0 radical (unpaired) electrons. The van der Waals surface area contributed by atoms with Crippen molar-refractivity contribution in [1.29, 1.82) is 0 Å². The van der Waals surface area contributed by atoms with Crippen molar-refractivity contribution < 1.29 is 14.3 Å². The van der Waals surface area contributed by atoms with E-state index in [0.29, 0.717) is 25.1 Å². The molecule has 5 heteroatoms. The SMILES string of the molecule is CC(=O)NCCCOC(=O)c1cc(C)cc(Br)c1. The molecule has 1 aromatic carbocycles. The van der Waals surface area contributed by atoms with Gasteiger partial charge in [0.15, 0.2) is 0 Å². The second-order valence-electron chi connectivity index (χ2n) is 3.99. The highest BCUT2D eigenvalue weighted by Gasteiger charge is 2.08. The van der Waals surface area contributed by atoms with E-state index in [2.05, 4.69) is 21.2 Å².